The Kier molecular flexibility index (Phi) is 5.12. The summed E-state index contributed by atoms with van der Waals surface area (Å²) in [5.74, 6) is -0.148. The molecular weight excluding hydrogens is 286 g/mol. The molecule has 21 heavy (non-hydrogen) atoms. The first-order valence-corrected chi connectivity index (χ1v) is 8.14. The van der Waals surface area contributed by atoms with Gasteiger partial charge in [-0.1, -0.05) is 20.3 Å². The van der Waals surface area contributed by atoms with Gasteiger partial charge in [-0.15, -0.1) is 11.3 Å². The largest absolute Gasteiger partial charge is 0.352 e. The van der Waals surface area contributed by atoms with E-state index >= 15 is 0 Å². The van der Waals surface area contributed by atoms with Crippen LogP contribution < -0.4 is 10.9 Å². The lowest BCUT2D eigenvalue weighted by Gasteiger charge is -2.13. The molecule has 0 aliphatic carbocycles. The number of fused-ring (bicyclic) bond motifs is 1. The Bertz CT molecular complexity index is 690. The van der Waals surface area contributed by atoms with Crippen LogP contribution in [0, 0.1) is 0 Å². The number of hydrogen-bond acceptors (Lipinski definition) is 4. The molecule has 0 saturated heterocycles. The molecule has 6 heteroatoms. The number of nitrogens with zero attached hydrogens (tertiary/aromatic N) is 2. The van der Waals surface area contributed by atoms with Crippen LogP contribution in [0.5, 0.6) is 0 Å². The number of hydrogen-bond donors (Lipinski definition) is 1. The van der Waals surface area contributed by atoms with Crippen molar-refractivity contribution in [1.29, 1.82) is 0 Å². The lowest BCUT2D eigenvalue weighted by atomic mass is 10.2. The van der Waals surface area contributed by atoms with E-state index in [4.69, 9.17) is 0 Å². The van der Waals surface area contributed by atoms with Crippen LogP contribution in [-0.2, 0) is 17.8 Å². The first-order chi connectivity index (χ1) is 10.0. The predicted molar refractivity (Wildman–Crippen MR) is 85.8 cm³/mol. The third-order valence-corrected chi connectivity index (χ3v) is 4.55. The van der Waals surface area contributed by atoms with E-state index in [-0.39, 0.29) is 24.1 Å². The number of thiophene rings is 1. The molecule has 0 aliphatic heterocycles. The maximum Gasteiger partial charge on any atom is 0.262 e. The average Bonchev–Trinajstić information content (AvgIpc) is 2.86. The molecule has 2 aromatic rings. The Hall–Kier alpha value is -1.69. The van der Waals surface area contributed by atoms with Crippen molar-refractivity contribution in [1.82, 2.24) is 14.9 Å². The highest BCUT2D eigenvalue weighted by molar-refractivity contribution is 7.18. The molecule has 0 spiro atoms. The van der Waals surface area contributed by atoms with Gasteiger partial charge in [-0.25, -0.2) is 4.98 Å². The Morgan fingerprint density at radius 1 is 1.48 bits per heavy atom. The zero-order valence-corrected chi connectivity index (χ0v) is 13.5. The van der Waals surface area contributed by atoms with Crippen LogP contribution in [0.15, 0.2) is 17.2 Å². The second-order valence-electron chi connectivity index (χ2n) is 5.22. The number of carbonyl (C=O) groups is 1. The Morgan fingerprint density at radius 2 is 2.24 bits per heavy atom. The minimum atomic E-state index is -0.148. The molecule has 1 atom stereocenters. The maximum atomic E-state index is 12.4. The van der Waals surface area contributed by atoms with E-state index < -0.39 is 0 Å². The van der Waals surface area contributed by atoms with Crippen molar-refractivity contribution in [3.63, 3.8) is 0 Å². The summed E-state index contributed by atoms with van der Waals surface area (Å²) in [7, 11) is 0. The van der Waals surface area contributed by atoms with Crippen molar-refractivity contribution in [3.8, 4) is 0 Å². The molecular formula is C15H21N3O2S. The van der Waals surface area contributed by atoms with Crippen LogP contribution in [0.25, 0.3) is 10.2 Å². The van der Waals surface area contributed by atoms with Gasteiger partial charge in [-0.05, 0) is 25.8 Å². The molecule has 1 N–H and O–H groups in total. The maximum absolute atomic E-state index is 12.4. The number of carbonyl (C=O) groups excluding carboxylic acids is 1. The normalized spacial score (nSPS) is 12.5. The second-order valence-corrected chi connectivity index (χ2v) is 6.34. The van der Waals surface area contributed by atoms with Crippen molar-refractivity contribution in [2.75, 3.05) is 0 Å². The van der Waals surface area contributed by atoms with E-state index in [0.29, 0.717) is 5.39 Å². The van der Waals surface area contributed by atoms with Crippen molar-refractivity contribution in [2.24, 2.45) is 0 Å². The van der Waals surface area contributed by atoms with E-state index in [2.05, 4.69) is 17.2 Å². The molecule has 0 fully saturated rings. The van der Waals surface area contributed by atoms with Gasteiger partial charge in [-0.3, -0.25) is 14.2 Å². The first kappa shape index (κ1) is 15.7. The summed E-state index contributed by atoms with van der Waals surface area (Å²) in [6.07, 6.45) is 4.30. The summed E-state index contributed by atoms with van der Waals surface area (Å²) >= 11 is 1.53. The van der Waals surface area contributed by atoms with E-state index in [1.165, 1.54) is 22.2 Å². The highest BCUT2D eigenvalue weighted by Gasteiger charge is 2.12. The number of rotatable bonds is 6. The lowest BCUT2D eigenvalue weighted by molar-refractivity contribution is -0.122. The highest BCUT2D eigenvalue weighted by Crippen LogP contribution is 2.20. The summed E-state index contributed by atoms with van der Waals surface area (Å²) in [4.78, 5) is 30.5. The van der Waals surface area contributed by atoms with Gasteiger partial charge < -0.3 is 5.32 Å². The number of aryl methyl sites for hydroxylation is 1. The molecule has 2 rings (SSSR count). The Balaban J connectivity index is 2.17. The van der Waals surface area contributed by atoms with Crippen molar-refractivity contribution in [3.05, 3.63) is 27.6 Å². The van der Waals surface area contributed by atoms with E-state index in [1.807, 2.05) is 19.9 Å². The van der Waals surface area contributed by atoms with Crippen LogP contribution in [0.2, 0.25) is 0 Å². The van der Waals surface area contributed by atoms with Gasteiger partial charge in [0.15, 0.2) is 0 Å². The molecule has 114 valence electrons. The van der Waals surface area contributed by atoms with Crippen LogP contribution in [0.3, 0.4) is 0 Å². The molecule has 0 bridgehead atoms. The lowest BCUT2D eigenvalue weighted by Crippen LogP contribution is -2.37. The fraction of sp³-hybridized carbons (Fsp3) is 0.533. The first-order valence-electron chi connectivity index (χ1n) is 7.32. The quantitative estimate of drug-likeness (QED) is 0.891. The number of amides is 1. The van der Waals surface area contributed by atoms with Gasteiger partial charge in [0, 0.05) is 10.9 Å². The number of nitrogens with one attached hydrogen (secondary N) is 1. The molecule has 1 amide bonds. The third kappa shape index (κ3) is 3.69. The van der Waals surface area contributed by atoms with Gasteiger partial charge in [-0.2, -0.15) is 0 Å². The van der Waals surface area contributed by atoms with E-state index in [0.717, 1.165) is 29.0 Å². The SMILES string of the molecule is CCCC(C)NC(=O)Cn1cnc2sc(CC)cc2c1=O. The van der Waals surface area contributed by atoms with Crippen LogP contribution >= 0.6 is 11.3 Å². The zero-order valence-electron chi connectivity index (χ0n) is 12.7. The van der Waals surface area contributed by atoms with Crippen molar-refractivity contribution < 1.29 is 4.79 Å². The molecule has 0 radical (unpaired) electrons. The summed E-state index contributed by atoms with van der Waals surface area (Å²) in [6, 6.07) is 2.01. The minimum Gasteiger partial charge on any atom is -0.352 e. The fourth-order valence-corrected chi connectivity index (χ4v) is 3.20. The van der Waals surface area contributed by atoms with Gasteiger partial charge in [0.25, 0.3) is 5.56 Å². The second kappa shape index (κ2) is 6.85. The standard InChI is InChI=1S/C15H21N3O2S/c1-4-6-10(3)17-13(19)8-18-9-16-14-12(15(18)20)7-11(5-2)21-14/h7,9-10H,4-6,8H2,1-3H3,(H,17,19). The molecule has 2 heterocycles. The van der Waals surface area contributed by atoms with Crippen LogP contribution in [0.4, 0.5) is 0 Å². The Labute approximate surface area is 128 Å². The molecule has 5 nitrogen and oxygen atoms in total. The average molecular weight is 307 g/mol. The Morgan fingerprint density at radius 3 is 2.90 bits per heavy atom. The smallest absolute Gasteiger partial charge is 0.262 e. The van der Waals surface area contributed by atoms with Crippen molar-refractivity contribution in [2.45, 2.75) is 52.6 Å². The van der Waals surface area contributed by atoms with Crippen LogP contribution in [0.1, 0.15) is 38.5 Å². The zero-order chi connectivity index (χ0) is 15.4. The van der Waals surface area contributed by atoms with E-state index in [1.54, 1.807) is 0 Å². The summed E-state index contributed by atoms with van der Waals surface area (Å²) < 4.78 is 1.38. The molecule has 0 aromatic carbocycles. The van der Waals surface area contributed by atoms with Gasteiger partial charge in [0.05, 0.1) is 11.7 Å². The minimum absolute atomic E-state index is 0.0210. The fourth-order valence-electron chi connectivity index (χ4n) is 2.28. The van der Waals surface area contributed by atoms with E-state index in [9.17, 15) is 9.59 Å². The topological polar surface area (TPSA) is 64.0 Å². The van der Waals surface area contributed by atoms with Gasteiger partial charge >= 0.3 is 0 Å². The monoisotopic (exact) mass is 307 g/mol. The van der Waals surface area contributed by atoms with Gasteiger partial charge in [0.2, 0.25) is 5.91 Å². The third-order valence-electron chi connectivity index (χ3n) is 3.36. The molecule has 2 aromatic heterocycles. The molecule has 0 saturated carbocycles. The molecule has 0 aliphatic rings. The van der Waals surface area contributed by atoms with Gasteiger partial charge in [0.1, 0.15) is 11.4 Å². The predicted octanol–water partition coefficient (Wildman–Crippen LogP) is 2.33. The highest BCUT2D eigenvalue weighted by atomic mass is 32.1. The van der Waals surface area contributed by atoms with Crippen molar-refractivity contribution >= 4 is 27.5 Å². The molecule has 1 unspecified atom stereocenters. The van der Waals surface area contributed by atoms with Crippen LogP contribution in [-0.4, -0.2) is 21.5 Å². The summed E-state index contributed by atoms with van der Waals surface area (Å²) in [5, 5.41) is 3.50. The number of aromatic nitrogens is 2. The summed E-state index contributed by atoms with van der Waals surface area (Å²) in [6.45, 7) is 6.11. The summed E-state index contributed by atoms with van der Waals surface area (Å²) in [5.41, 5.74) is -0.144.